The Morgan fingerprint density at radius 1 is 1.67 bits per heavy atom. The first-order chi connectivity index (χ1) is 8.58. The van der Waals surface area contributed by atoms with Gasteiger partial charge in [0.15, 0.2) is 0 Å². The van der Waals surface area contributed by atoms with E-state index in [2.05, 4.69) is 11.4 Å². The molecule has 0 spiro atoms. The van der Waals surface area contributed by atoms with Crippen LogP contribution in [0.3, 0.4) is 0 Å². The lowest BCUT2D eigenvalue weighted by molar-refractivity contribution is 0.459. The second-order valence-corrected chi connectivity index (χ2v) is 8.50. The Balaban J connectivity index is 1.89. The average molecular weight is 306 g/mol. The molecule has 5 heteroatoms. The van der Waals surface area contributed by atoms with Crippen LogP contribution >= 0.6 is 22.9 Å². The van der Waals surface area contributed by atoms with Crippen LogP contribution in [0.1, 0.15) is 42.7 Å². The van der Waals surface area contributed by atoms with E-state index in [4.69, 9.17) is 11.6 Å². The molecule has 0 saturated carbocycles. The molecule has 2 nitrogen and oxygen atoms in total. The number of halogens is 1. The van der Waals surface area contributed by atoms with Gasteiger partial charge in [0.05, 0.1) is 4.34 Å². The molecule has 1 heterocycles. The highest BCUT2D eigenvalue weighted by molar-refractivity contribution is 7.84. The number of rotatable bonds is 5. The molecule has 1 N–H and O–H groups in total. The van der Waals surface area contributed by atoms with E-state index in [1.807, 2.05) is 6.92 Å². The minimum absolute atomic E-state index is 0.270. The predicted molar refractivity (Wildman–Crippen MR) is 81.2 cm³/mol. The predicted octanol–water partition coefficient (Wildman–Crippen LogP) is 3.53. The zero-order valence-corrected chi connectivity index (χ0v) is 13.3. The van der Waals surface area contributed by atoms with E-state index in [9.17, 15) is 4.21 Å². The van der Waals surface area contributed by atoms with E-state index < -0.39 is 10.8 Å². The molecule has 0 amide bonds. The van der Waals surface area contributed by atoms with Gasteiger partial charge in [-0.15, -0.1) is 11.3 Å². The molecule has 0 aliphatic heterocycles. The van der Waals surface area contributed by atoms with Crippen molar-refractivity contribution in [3.63, 3.8) is 0 Å². The highest BCUT2D eigenvalue weighted by Gasteiger charge is 2.22. The zero-order chi connectivity index (χ0) is 13.1. The Kier molecular flexibility index (Phi) is 5.24. The van der Waals surface area contributed by atoms with Gasteiger partial charge in [0.25, 0.3) is 0 Å². The van der Waals surface area contributed by atoms with Crippen molar-refractivity contribution in [2.75, 3.05) is 12.8 Å². The summed E-state index contributed by atoms with van der Waals surface area (Å²) in [5, 5.41) is 3.86. The summed E-state index contributed by atoms with van der Waals surface area (Å²) >= 11 is 7.81. The summed E-state index contributed by atoms with van der Waals surface area (Å²) in [6, 6.07) is 2.55. The Hall–Kier alpha value is 0.1000. The third kappa shape index (κ3) is 3.56. The van der Waals surface area contributed by atoms with Crippen LogP contribution in [0, 0.1) is 0 Å². The van der Waals surface area contributed by atoms with E-state index in [-0.39, 0.29) is 5.25 Å². The van der Waals surface area contributed by atoms with Gasteiger partial charge in [0.2, 0.25) is 0 Å². The van der Waals surface area contributed by atoms with Gasteiger partial charge in [0, 0.05) is 33.2 Å². The minimum Gasteiger partial charge on any atom is -0.310 e. The molecule has 18 heavy (non-hydrogen) atoms. The van der Waals surface area contributed by atoms with Gasteiger partial charge in [0.1, 0.15) is 0 Å². The van der Waals surface area contributed by atoms with Gasteiger partial charge < -0.3 is 5.32 Å². The molecule has 3 unspecified atom stereocenters. The first kappa shape index (κ1) is 14.5. The van der Waals surface area contributed by atoms with Gasteiger partial charge in [-0.05, 0) is 43.9 Å². The molecule has 0 fully saturated rings. The van der Waals surface area contributed by atoms with Crippen LogP contribution in [0.4, 0.5) is 0 Å². The van der Waals surface area contributed by atoms with Crippen LogP contribution in [0.2, 0.25) is 4.34 Å². The number of fused-ring (bicyclic) bond motifs is 1. The number of nitrogens with one attached hydrogen (secondary N) is 1. The zero-order valence-electron chi connectivity index (χ0n) is 10.9. The molecule has 0 bridgehead atoms. The van der Waals surface area contributed by atoms with Crippen molar-refractivity contribution in [1.29, 1.82) is 0 Å². The third-order valence-electron chi connectivity index (χ3n) is 3.59. The van der Waals surface area contributed by atoms with Crippen LogP contribution in [-0.2, 0) is 17.2 Å². The fourth-order valence-electron chi connectivity index (χ4n) is 2.36. The number of thiophene rings is 1. The summed E-state index contributed by atoms with van der Waals surface area (Å²) in [5.41, 5.74) is 1.39. The molecule has 2 rings (SSSR count). The summed E-state index contributed by atoms with van der Waals surface area (Å²) in [7, 11) is -0.717. The lowest BCUT2D eigenvalue weighted by Gasteiger charge is -2.24. The van der Waals surface area contributed by atoms with Gasteiger partial charge in [-0.1, -0.05) is 18.5 Å². The van der Waals surface area contributed by atoms with Crippen LogP contribution < -0.4 is 5.32 Å². The summed E-state index contributed by atoms with van der Waals surface area (Å²) in [5.74, 6) is 0. The Bertz CT molecular complexity index is 433. The molecule has 1 aromatic rings. The standard InChI is InChI=1S/C13H20ClNOS2/c1-9(18(2)16)6-7-15-11-4-3-5-12-10(11)8-13(14)17-12/h8-9,11,15H,3-7H2,1-2H3. The summed E-state index contributed by atoms with van der Waals surface area (Å²) in [6.07, 6.45) is 6.33. The van der Waals surface area contributed by atoms with Crippen LogP contribution in [0.5, 0.6) is 0 Å². The van der Waals surface area contributed by atoms with Crippen LogP contribution in [0.15, 0.2) is 6.07 Å². The lowest BCUT2D eigenvalue weighted by atomic mass is 9.94. The van der Waals surface area contributed by atoms with Gasteiger partial charge in [-0.3, -0.25) is 4.21 Å². The summed E-state index contributed by atoms with van der Waals surface area (Å²) in [4.78, 5) is 1.44. The van der Waals surface area contributed by atoms with Gasteiger partial charge in [-0.2, -0.15) is 0 Å². The fourth-order valence-corrected chi connectivity index (χ4v) is 4.19. The maximum absolute atomic E-state index is 11.3. The van der Waals surface area contributed by atoms with Crippen molar-refractivity contribution >= 4 is 33.7 Å². The smallest absolute Gasteiger partial charge is 0.0934 e. The van der Waals surface area contributed by atoms with E-state index in [0.717, 1.165) is 17.3 Å². The number of hydrogen-bond acceptors (Lipinski definition) is 3. The topological polar surface area (TPSA) is 29.1 Å². The minimum atomic E-state index is -0.717. The highest BCUT2D eigenvalue weighted by atomic mass is 35.5. The molecule has 0 radical (unpaired) electrons. The largest absolute Gasteiger partial charge is 0.310 e. The maximum Gasteiger partial charge on any atom is 0.0934 e. The van der Waals surface area contributed by atoms with Crippen molar-refractivity contribution < 1.29 is 4.21 Å². The van der Waals surface area contributed by atoms with E-state index >= 15 is 0 Å². The number of hydrogen-bond donors (Lipinski definition) is 1. The molecule has 0 saturated heterocycles. The summed E-state index contributed by atoms with van der Waals surface area (Å²) in [6.45, 7) is 2.98. The van der Waals surface area contributed by atoms with E-state index in [1.165, 1.54) is 29.7 Å². The number of aryl methyl sites for hydroxylation is 1. The molecule has 102 valence electrons. The van der Waals surface area contributed by atoms with Gasteiger partial charge >= 0.3 is 0 Å². The Morgan fingerprint density at radius 2 is 2.44 bits per heavy atom. The molecule has 1 aliphatic rings. The first-order valence-electron chi connectivity index (χ1n) is 6.41. The molecule has 3 atom stereocenters. The fraction of sp³-hybridized carbons (Fsp3) is 0.692. The third-order valence-corrected chi connectivity index (χ3v) is 6.30. The Labute approximate surface area is 121 Å². The molecular formula is C13H20ClNOS2. The van der Waals surface area contributed by atoms with Crippen LogP contribution in [-0.4, -0.2) is 22.3 Å². The van der Waals surface area contributed by atoms with Crippen LogP contribution in [0.25, 0.3) is 0 Å². The van der Waals surface area contributed by atoms with Gasteiger partial charge in [-0.25, -0.2) is 0 Å². The quantitative estimate of drug-likeness (QED) is 0.902. The van der Waals surface area contributed by atoms with Crippen molar-refractivity contribution in [3.05, 3.63) is 20.8 Å². The molecule has 1 aliphatic carbocycles. The SMILES string of the molecule is CC(CCNC1CCCc2sc(Cl)cc21)S(C)=O. The van der Waals surface area contributed by atoms with Crippen molar-refractivity contribution in [1.82, 2.24) is 5.32 Å². The summed E-state index contributed by atoms with van der Waals surface area (Å²) < 4.78 is 12.2. The van der Waals surface area contributed by atoms with Crippen molar-refractivity contribution in [2.24, 2.45) is 0 Å². The highest BCUT2D eigenvalue weighted by Crippen LogP contribution is 2.37. The molecule has 0 aromatic carbocycles. The second kappa shape index (κ2) is 6.51. The maximum atomic E-state index is 11.3. The van der Waals surface area contributed by atoms with E-state index in [1.54, 1.807) is 17.6 Å². The van der Waals surface area contributed by atoms with Crippen molar-refractivity contribution in [2.45, 2.75) is 43.9 Å². The van der Waals surface area contributed by atoms with Crippen molar-refractivity contribution in [3.8, 4) is 0 Å². The normalized spacial score (nSPS) is 22.5. The second-order valence-electron chi connectivity index (χ2n) is 4.93. The Morgan fingerprint density at radius 3 is 3.17 bits per heavy atom. The first-order valence-corrected chi connectivity index (χ1v) is 9.23. The lowest BCUT2D eigenvalue weighted by Crippen LogP contribution is -2.27. The molecular weight excluding hydrogens is 286 g/mol. The monoisotopic (exact) mass is 305 g/mol. The molecule has 1 aromatic heterocycles. The van der Waals surface area contributed by atoms with E-state index in [0.29, 0.717) is 6.04 Å². The average Bonchev–Trinajstić information content (AvgIpc) is 2.70.